The van der Waals surface area contributed by atoms with Crippen LogP contribution >= 0.6 is 0 Å². The van der Waals surface area contributed by atoms with E-state index in [4.69, 9.17) is 5.73 Å². The van der Waals surface area contributed by atoms with Crippen LogP contribution in [0.25, 0.3) is 0 Å². The average molecular weight is 261 g/mol. The van der Waals surface area contributed by atoms with Gasteiger partial charge in [0, 0.05) is 19.0 Å². The van der Waals surface area contributed by atoms with Crippen LogP contribution in [0.3, 0.4) is 0 Å². The summed E-state index contributed by atoms with van der Waals surface area (Å²) in [5, 5.41) is 2.67. The van der Waals surface area contributed by atoms with Crippen LogP contribution in [0.1, 0.15) is 25.3 Å². The Balaban J connectivity index is 2.16. The molecule has 1 aromatic carbocycles. The van der Waals surface area contributed by atoms with Crippen molar-refractivity contribution in [1.82, 2.24) is 10.2 Å². The molecule has 0 aromatic heterocycles. The van der Waals surface area contributed by atoms with Gasteiger partial charge in [0.15, 0.2) is 0 Å². The van der Waals surface area contributed by atoms with E-state index < -0.39 is 5.54 Å². The van der Waals surface area contributed by atoms with Crippen LogP contribution < -0.4 is 11.1 Å². The van der Waals surface area contributed by atoms with E-state index in [1.165, 1.54) is 4.90 Å². The monoisotopic (exact) mass is 261 g/mol. The fourth-order valence-electron chi connectivity index (χ4n) is 2.25. The maximum atomic E-state index is 12.1. The van der Waals surface area contributed by atoms with Crippen LogP contribution in [0.5, 0.6) is 0 Å². The highest BCUT2D eigenvalue weighted by Gasteiger charge is 2.44. The Hall–Kier alpha value is -1.88. The molecule has 1 atom stereocenters. The zero-order chi connectivity index (χ0) is 14.0. The second-order valence-corrected chi connectivity index (χ2v) is 5.31. The molecule has 0 aliphatic carbocycles. The lowest BCUT2D eigenvalue weighted by Gasteiger charge is -2.22. The minimum Gasteiger partial charge on any atom is -0.330 e. The molecule has 0 bridgehead atoms. The molecule has 0 spiro atoms. The van der Waals surface area contributed by atoms with Gasteiger partial charge < -0.3 is 11.1 Å². The van der Waals surface area contributed by atoms with Crippen molar-refractivity contribution in [2.75, 3.05) is 13.1 Å². The fourth-order valence-corrected chi connectivity index (χ4v) is 2.25. The molecule has 0 saturated carbocycles. The van der Waals surface area contributed by atoms with Crippen molar-refractivity contribution >= 4 is 11.9 Å². The molecule has 102 valence electrons. The number of hydrogen-bond donors (Lipinski definition) is 2. The predicted octanol–water partition coefficient (Wildman–Crippen LogP) is 1.06. The van der Waals surface area contributed by atoms with Gasteiger partial charge in [0.05, 0.1) is 0 Å². The molecule has 1 aromatic rings. The van der Waals surface area contributed by atoms with E-state index >= 15 is 0 Å². The van der Waals surface area contributed by atoms with Crippen molar-refractivity contribution in [3.8, 4) is 0 Å². The maximum Gasteiger partial charge on any atom is 0.325 e. The number of nitrogens with one attached hydrogen (secondary N) is 1. The van der Waals surface area contributed by atoms with Gasteiger partial charge in [-0.25, -0.2) is 4.79 Å². The van der Waals surface area contributed by atoms with Gasteiger partial charge in [0.2, 0.25) is 0 Å². The van der Waals surface area contributed by atoms with Gasteiger partial charge in [-0.15, -0.1) is 0 Å². The van der Waals surface area contributed by atoms with Crippen LogP contribution in [0.15, 0.2) is 30.3 Å². The molecule has 2 rings (SSSR count). The van der Waals surface area contributed by atoms with Crippen molar-refractivity contribution in [3.63, 3.8) is 0 Å². The molecule has 1 saturated heterocycles. The highest BCUT2D eigenvalue weighted by molar-refractivity contribution is 6.06. The minimum atomic E-state index is -0.826. The Morgan fingerprint density at radius 1 is 1.26 bits per heavy atom. The number of nitrogens with two attached hydrogens (primary N) is 1. The number of carbonyl (C=O) groups is 2. The predicted molar refractivity (Wildman–Crippen MR) is 72.6 cm³/mol. The third-order valence-electron chi connectivity index (χ3n) is 3.40. The van der Waals surface area contributed by atoms with Gasteiger partial charge in [-0.1, -0.05) is 30.3 Å². The van der Waals surface area contributed by atoms with Crippen LogP contribution in [0.2, 0.25) is 0 Å². The number of imide groups is 1. The summed E-state index contributed by atoms with van der Waals surface area (Å²) < 4.78 is 0. The Bertz CT molecular complexity index is 485. The summed E-state index contributed by atoms with van der Waals surface area (Å²) in [4.78, 5) is 25.2. The van der Waals surface area contributed by atoms with Crippen LogP contribution in [-0.4, -0.2) is 35.5 Å². The van der Waals surface area contributed by atoms with Crippen molar-refractivity contribution in [2.24, 2.45) is 5.73 Å². The third kappa shape index (κ3) is 2.61. The summed E-state index contributed by atoms with van der Waals surface area (Å²) >= 11 is 0. The molecule has 3 N–H and O–H groups in total. The molecule has 5 nitrogen and oxygen atoms in total. The third-order valence-corrected chi connectivity index (χ3v) is 3.40. The molecule has 1 aliphatic rings. The Morgan fingerprint density at radius 2 is 1.89 bits per heavy atom. The lowest BCUT2D eigenvalue weighted by molar-refractivity contribution is -0.130. The second-order valence-electron chi connectivity index (χ2n) is 5.31. The van der Waals surface area contributed by atoms with E-state index in [1.54, 1.807) is 13.8 Å². The van der Waals surface area contributed by atoms with E-state index in [0.29, 0.717) is 13.1 Å². The van der Waals surface area contributed by atoms with E-state index in [2.05, 4.69) is 5.32 Å². The number of benzene rings is 1. The summed E-state index contributed by atoms with van der Waals surface area (Å²) in [5.41, 5.74) is 5.98. The van der Waals surface area contributed by atoms with Crippen molar-refractivity contribution < 1.29 is 9.59 Å². The molecular formula is C14H19N3O2. The number of rotatable bonds is 4. The Labute approximate surface area is 112 Å². The number of urea groups is 1. The molecule has 5 heteroatoms. The van der Waals surface area contributed by atoms with E-state index in [0.717, 1.165) is 5.56 Å². The fraction of sp³-hybridized carbons (Fsp3) is 0.429. The van der Waals surface area contributed by atoms with Crippen LogP contribution in [-0.2, 0) is 4.79 Å². The topological polar surface area (TPSA) is 75.4 Å². The van der Waals surface area contributed by atoms with Crippen LogP contribution in [0.4, 0.5) is 4.79 Å². The summed E-state index contributed by atoms with van der Waals surface area (Å²) in [6, 6.07) is 9.35. The number of amides is 3. The molecule has 1 fully saturated rings. The maximum absolute atomic E-state index is 12.1. The summed E-state index contributed by atoms with van der Waals surface area (Å²) in [6.07, 6.45) is 0. The van der Waals surface area contributed by atoms with Gasteiger partial charge >= 0.3 is 6.03 Å². The number of carbonyl (C=O) groups excluding carboxylic acids is 2. The summed E-state index contributed by atoms with van der Waals surface area (Å²) in [6.45, 7) is 4.11. The van der Waals surface area contributed by atoms with Gasteiger partial charge in [-0.05, 0) is 19.4 Å². The average Bonchev–Trinajstić information content (AvgIpc) is 2.58. The van der Waals surface area contributed by atoms with Crippen LogP contribution in [0, 0.1) is 0 Å². The highest BCUT2D eigenvalue weighted by atomic mass is 16.2. The molecule has 1 unspecified atom stereocenters. The second kappa shape index (κ2) is 5.01. The first-order chi connectivity index (χ1) is 8.95. The highest BCUT2D eigenvalue weighted by Crippen LogP contribution is 2.22. The van der Waals surface area contributed by atoms with Crippen molar-refractivity contribution in [3.05, 3.63) is 35.9 Å². The summed E-state index contributed by atoms with van der Waals surface area (Å²) in [5.74, 6) is -0.239. The Kier molecular flexibility index (Phi) is 3.57. The zero-order valence-electron chi connectivity index (χ0n) is 11.2. The zero-order valence-corrected chi connectivity index (χ0v) is 11.2. The van der Waals surface area contributed by atoms with E-state index in [-0.39, 0.29) is 17.9 Å². The normalized spacial score (nSPS) is 19.4. The smallest absolute Gasteiger partial charge is 0.325 e. The first-order valence-electron chi connectivity index (χ1n) is 6.35. The quantitative estimate of drug-likeness (QED) is 0.796. The van der Waals surface area contributed by atoms with Gasteiger partial charge in [-0.2, -0.15) is 0 Å². The van der Waals surface area contributed by atoms with Crippen molar-refractivity contribution in [1.29, 1.82) is 0 Å². The molecular weight excluding hydrogens is 242 g/mol. The molecule has 1 aliphatic heterocycles. The number of nitrogens with zero attached hydrogens (tertiary/aromatic N) is 1. The summed E-state index contributed by atoms with van der Waals surface area (Å²) in [7, 11) is 0. The Morgan fingerprint density at radius 3 is 2.37 bits per heavy atom. The lowest BCUT2D eigenvalue weighted by atomic mass is 9.98. The standard InChI is InChI=1S/C14H19N3O2/c1-14(2)12(18)17(13(19)16-14)9-11(8-15)10-6-4-3-5-7-10/h3-7,11H,8-9,15H2,1-2H3,(H,16,19). The van der Waals surface area contributed by atoms with Gasteiger partial charge in [0.25, 0.3) is 5.91 Å². The first kappa shape index (κ1) is 13.5. The number of hydrogen-bond acceptors (Lipinski definition) is 3. The molecule has 3 amide bonds. The minimum absolute atomic E-state index is 0.0372. The largest absolute Gasteiger partial charge is 0.330 e. The van der Waals surface area contributed by atoms with Crippen molar-refractivity contribution in [2.45, 2.75) is 25.3 Å². The molecule has 1 heterocycles. The van der Waals surface area contributed by atoms with E-state index in [9.17, 15) is 9.59 Å². The molecule has 19 heavy (non-hydrogen) atoms. The van der Waals surface area contributed by atoms with Gasteiger partial charge in [0.1, 0.15) is 5.54 Å². The van der Waals surface area contributed by atoms with Gasteiger partial charge in [-0.3, -0.25) is 9.69 Å². The SMILES string of the molecule is CC1(C)NC(=O)N(CC(CN)c2ccccc2)C1=O. The van der Waals surface area contributed by atoms with E-state index in [1.807, 2.05) is 30.3 Å². The first-order valence-corrected chi connectivity index (χ1v) is 6.35. The molecule has 0 radical (unpaired) electrons. The lowest BCUT2D eigenvalue weighted by Crippen LogP contribution is -2.41.